The number of esters is 1. The first-order valence-electron chi connectivity index (χ1n) is 15.6. The van der Waals surface area contributed by atoms with Crippen LogP contribution in [-0.2, 0) is 22.5 Å². The number of hydrogen-bond acceptors (Lipinski definition) is 3. The second-order valence-electron chi connectivity index (χ2n) is 12.0. The number of hydrogen-bond donors (Lipinski definition) is 0. The van der Waals surface area contributed by atoms with Crippen LogP contribution in [0.5, 0.6) is 5.75 Å². The molecule has 2 aromatic rings. The molecule has 0 saturated carbocycles. The molecule has 0 saturated heterocycles. The molecular weight excluding hydrogens is 482 g/mol. The molecule has 0 aliphatic rings. The highest BCUT2D eigenvalue weighted by Crippen LogP contribution is 2.20. The molecule has 2 unspecified atom stereocenters. The average molecular weight is 539 g/mol. The third-order valence-corrected chi connectivity index (χ3v) is 7.41. The molecule has 0 aromatic heterocycles. The lowest BCUT2D eigenvalue weighted by Crippen LogP contribution is -2.44. The third kappa shape index (κ3) is 14.6. The van der Waals surface area contributed by atoms with Crippen LogP contribution >= 0.6 is 0 Å². The zero-order valence-corrected chi connectivity index (χ0v) is 25.6. The molecule has 0 bridgehead atoms. The highest BCUT2D eigenvalue weighted by molar-refractivity contribution is 5.72. The predicted molar refractivity (Wildman–Crippen MR) is 164 cm³/mol. The van der Waals surface area contributed by atoms with E-state index in [-0.39, 0.29) is 11.9 Å². The van der Waals surface area contributed by atoms with E-state index in [0.29, 0.717) is 13.0 Å². The van der Waals surface area contributed by atoms with Crippen LogP contribution in [0.15, 0.2) is 54.6 Å². The van der Waals surface area contributed by atoms with Gasteiger partial charge in [0.25, 0.3) is 0 Å². The van der Waals surface area contributed by atoms with Gasteiger partial charge in [-0.3, -0.25) is 4.79 Å². The Bertz CT molecular complexity index is 894. The van der Waals surface area contributed by atoms with Crippen LogP contribution in [0.3, 0.4) is 0 Å². The average Bonchev–Trinajstić information content (AvgIpc) is 2.90. The Labute approximate surface area is 239 Å². The summed E-state index contributed by atoms with van der Waals surface area (Å²) < 4.78 is 12.7. The number of benzene rings is 2. The van der Waals surface area contributed by atoms with Gasteiger partial charge in [-0.2, -0.15) is 0 Å². The number of nitrogens with zero attached hydrogens (tertiary/aromatic N) is 1. The maximum Gasteiger partial charge on any atom is 0.317 e. The van der Waals surface area contributed by atoms with Crippen molar-refractivity contribution in [1.82, 2.24) is 0 Å². The van der Waals surface area contributed by atoms with Crippen LogP contribution in [-0.4, -0.2) is 37.4 Å². The summed E-state index contributed by atoms with van der Waals surface area (Å²) in [5, 5.41) is 0. The first kappa shape index (κ1) is 32.9. The summed E-state index contributed by atoms with van der Waals surface area (Å²) in [5.74, 6) is 0.362. The summed E-state index contributed by atoms with van der Waals surface area (Å²) >= 11 is 0. The van der Waals surface area contributed by atoms with Crippen molar-refractivity contribution in [2.45, 2.75) is 117 Å². The predicted octanol–water partition coefficient (Wildman–Crippen LogP) is 9.11. The fourth-order valence-corrected chi connectivity index (χ4v) is 5.28. The van der Waals surface area contributed by atoms with Crippen molar-refractivity contribution in [3.8, 4) is 5.75 Å². The molecule has 4 heteroatoms. The second kappa shape index (κ2) is 18.9. The Hall–Kier alpha value is -2.33. The molecule has 0 aliphatic carbocycles. The van der Waals surface area contributed by atoms with Crippen LogP contribution in [0.25, 0.3) is 0 Å². The lowest BCUT2D eigenvalue weighted by molar-refractivity contribution is -0.905. The molecule has 0 heterocycles. The standard InChI is InChI=1S/C35H56NO3/c1-6-8-9-10-11-12-13-14-15-17-21-31-24-26-33(27-25-31)38-34(20-7-2)39-35(37)30(3)28-36(4,5)29-32-22-18-16-19-23-32/h16,18-19,22-27,30,34H,6-15,17,20-21,28-29H2,1-5H3/q+1. The van der Waals surface area contributed by atoms with Gasteiger partial charge in [0, 0.05) is 12.0 Å². The van der Waals surface area contributed by atoms with Gasteiger partial charge in [-0.15, -0.1) is 0 Å². The topological polar surface area (TPSA) is 35.5 Å². The third-order valence-electron chi connectivity index (χ3n) is 7.41. The first-order valence-corrected chi connectivity index (χ1v) is 15.6. The molecular formula is C35H56NO3+. The largest absolute Gasteiger partial charge is 0.455 e. The van der Waals surface area contributed by atoms with Crippen LogP contribution in [0.2, 0.25) is 0 Å². The molecule has 2 aromatic carbocycles. The molecule has 0 spiro atoms. The number of carbonyl (C=O) groups excluding carboxylic acids is 1. The molecule has 0 amide bonds. The zero-order chi connectivity index (χ0) is 28.3. The summed E-state index contributed by atoms with van der Waals surface area (Å²) in [4.78, 5) is 13.0. The second-order valence-corrected chi connectivity index (χ2v) is 12.0. The monoisotopic (exact) mass is 538 g/mol. The van der Waals surface area contributed by atoms with Gasteiger partial charge in [0.2, 0.25) is 6.29 Å². The molecule has 0 fully saturated rings. The van der Waals surface area contributed by atoms with E-state index in [4.69, 9.17) is 9.47 Å². The molecule has 4 nitrogen and oxygen atoms in total. The first-order chi connectivity index (χ1) is 18.8. The van der Waals surface area contributed by atoms with E-state index in [2.05, 4.69) is 64.3 Å². The smallest absolute Gasteiger partial charge is 0.317 e. The number of quaternary nitrogens is 1. The van der Waals surface area contributed by atoms with E-state index < -0.39 is 6.29 Å². The number of unbranched alkanes of at least 4 members (excludes halogenated alkanes) is 9. The van der Waals surface area contributed by atoms with Crippen molar-refractivity contribution in [2.75, 3.05) is 20.6 Å². The molecule has 0 radical (unpaired) electrons. The fourth-order valence-electron chi connectivity index (χ4n) is 5.28. The Morgan fingerprint density at radius 2 is 1.33 bits per heavy atom. The van der Waals surface area contributed by atoms with Crippen molar-refractivity contribution in [3.63, 3.8) is 0 Å². The van der Waals surface area contributed by atoms with Gasteiger partial charge < -0.3 is 14.0 Å². The minimum absolute atomic E-state index is 0.190. The summed E-state index contributed by atoms with van der Waals surface area (Å²) in [5.41, 5.74) is 2.62. The highest BCUT2D eigenvalue weighted by atomic mass is 16.7. The lowest BCUT2D eigenvalue weighted by Gasteiger charge is -2.32. The highest BCUT2D eigenvalue weighted by Gasteiger charge is 2.28. The van der Waals surface area contributed by atoms with Crippen molar-refractivity contribution >= 4 is 5.97 Å². The van der Waals surface area contributed by atoms with E-state index >= 15 is 0 Å². The lowest BCUT2D eigenvalue weighted by atomic mass is 10.0. The maximum atomic E-state index is 13.0. The Balaban J connectivity index is 1.72. The number of aryl methyl sites for hydroxylation is 1. The zero-order valence-electron chi connectivity index (χ0n) is 25.6. The minimum Gasteiger partial charge on any atom is -0.455 e. The van der Waals surface area contributed by atoms with E-state index in [0.717, 1.165) is 29.6 Å². The van der Waals surface area contributed by atoms with E-state index in [1.54, 1.807) is 0 Å². The fraction of sp³-hybridized carbons (Fsp3) is 0.629. The molecule has 0 aliphatic heterocycles. The normalized spacial score (nSPS) is 13.2. The molecule has 0 N–H and O–H groups in total. The molecule has 2 atom stereocenters. The van der Waals surface area contributed by atoms with Gasteiger partial charge in [0.15, 0.2) is 0 Å². The maximum absolute atomic E-state index is 13.0. The summed E-state index contributed by atoms with van der Waals surface area (Å²) in [7, 11) is 4.32. The molecule has 218 valence electrons. The minimum atomic E-state index is -0.553. The van der Waals surface area contributed by atoms with Crippen LogP contribution in [0.4, 0.5) is 0 Å². The molecule has 2 rings (SSSR count). The van der Waals surface area contributed by atoms with Crippen molar-refractivity contribution < 1.29 is 18.8 Å². The van der Waals surface area contributed by atoms with Crippen LogP contribution in [0.1, 0.15) is 109 Å². The number of carbonyl (C=O) groups is 1. The van der Waals surface area contributed by atoms with Crippen LogP contribution < -0.4 is 4.74 Å². The Morgan fingerprint density at radius 3 is 1.92 bits per heavy atom. The van der Waals surface area contributed by atoms with Gasteiger partial charge in [-0.05, 0) is 43.9 Å². The summed E-state index contributed by atoms with van der Waals surface area (Å²) in [6.45, 7) is 7.90. The van der Waals surface area contributed by atoms with Crippen molar-refractivity contribution in [2.24, 2.45) is 5.92 Å². The van der Waals surface area contributed by atoms with E-state index in [9.17, 15) is 4.79 Å². The Morgan fingerprint density at radius 1 is 0.744 bits per heavy atom. The van der Waals surface area contributed by atoms with Gasteiger partial charge >= 0.3 is 5.97 Å². The number of rotatable bonds is 21. The van der Waals surface area contributed by atoms with Crippen molar-refractivity contribution in [3.05, 3.63) is 65.7 Å². The number of ether oxygens (including phenoxy) is 2. The van der Waals surface area contributed by atoms with E-state index in [1.165, 1.54) is 75.3 Å². The van der Waals surface area contributed by atoms with E-state index in [1.807, 2.05) is 25.1 Å². The molecule has 39 heavy (non-hydrogen) atoms. The SMILES string of the molecule is CCCCCCCCCCCCc1ccc(OC(CCC)OC(=O)C(C)C[N+](C)(C)Cc2ccccc2)cc1. The quantitative estimate of drug-likeness (QED) is 0.0688. The van der Waals surface area contributed by atoms with Gasteiger partial charge in [-0.25, -0.2) is 0 Å². The summed E-state index contributed by atoms with van der Waals surface area (Å²) in [6, 6.07) is 18.8. The summed E-state index contributed by atoms with van der Waals surface area (Å²) in [6.07, 6.45) is 15.7. The Kier molecular flexibility index (Phi) is 15.9. The van der Waals surface area contributed by atoms with Gasteiger partial charge in [-0.1, -0.05) is 114 Å². The van der Waals surface area contributed by atoms with Gasteiger partial charge in [0.1, 0.15) is 18.2 Å². The van der Waals surface area contributed by atoms with Crippen molar-refractivity contribution in [1.29, 1.82) is 0 Å². The van der Waals surface area contributed by atoms with Crippen LogP contribution in [0, 0.1) is 5.92 Å². The van der Waals surface area contributed by atoms with Gasteiger partial charge in [0.05, 0.1) is 20.6 Å².